The molecule has 1 heterocycles. The maximum atomic E-state index is 13.0. The third-order valence-electron chi connectivity index (χ3n) is 12.7. The second-order valence-corrected chi connectivity index (χ2v) is 18.9. The van der Waals surface area contributed by atoms with Gasteiger partial charge < -0.3 is 45.1 Å². The van der Waals surface area contributed by atoms with Crippen LogP contribution in [0.5, 0.6) is 0 Å². The molecule has 0 aromatic heterocycles. The van der Waals surface area contributed by atoms with Crippen LogP contribution in [0.2, 0.25) is 0 Å². The first kappa shape index (κ1) is 62.6. The van der Waals surface area contributed by atoms with Gasteiger partial charge >= 0.3 is 5.97 Å². The first-order valence-electron chi connectivity index (χ1n) is 27.4. The Bertz CT molecular complexity index is 1250. The summed E-state index contributed by atoms with van der Waals surface area (Å²) in [4.78, 5) is 25.0. The maximum Gasteiger partial charge on any atom is 0.305 e. The van der Waals surface area contributed by atoms with Gasteiger partial charge in [0.15, 0.2) is 6.29 Å². The number of carbonyl (C=O) groups excluding carboxylic acids is 2. The number of aliphatic hydroxyl groups is 5. The van der Waals surface area contributed by atoms with Crippen molar-refractivity contribution in [1.82, 2.24) is 5.32 Å². The molecule has 0 radical (unpaired) electrons. The van der Waals surface area contributed by atoms with Crippen molar-refractivity contribution in [2.24, 2.45) is 0 Å². The van der Waals surface area contributed by atoms with Crippen molar-refractivity contribution in [3.8, 4) is 0 Å². The molecule has 11 nitrogen and oxygen atoms in total. The van der Waals surface area contributed by atoms with Gasteiger partial charge in [-0.15, -0.1) is 0 Å². The van der Waals surface area contributed by atoms with Gasteiger partial charge in [-0.3, -0.25) is 9.59 Å². The summed E-state index contributed by atoms with van der Waals surface area (Å²) in [7, 11) is 0. The van der Waals surface area contributed by atoms with E-state index in [9.17, 15) is 35.1 Å². The molecule has 7 unspecified atom stereocenters. The van der Waals surface area contributed by atoms with E-state index in [-0.39, 0.29) is 18.5 Å². The zero-order valence-electron chi connectivity index (χ0n) is 42.6. The quantitative estimate of drug-likeness (QED) is 0.0196. The van der Waals surface area contributed by atoms with Crippen LogP contribution in [-0.2, 0) is 23.8 Å². The number of esters is 1. The standard InChI is InChI=1S/C56H101NO10/c1-3-5-7-9-11-13-23-28-32-36-40-44-52(61)65-45-41-37-33-29-25-22-20-18-16-14-15-17-19-21-24-27-31-35-39-43-51(60)57-48(49(59)42-38-34-30-26-12-10-8-6-4-2)47-66-56-55(64)54(63)53(62)50(46-58)67-56/h4,6,12,14-15,26,38,42,48-50,53-56,58-59,62-64H,3,5,7-11,13,16-25,27-37,39-41,43-47H2,1-2H3,(H,57,60)/b6-4+,15-14-,26-12+,42-38+. The normalized spacial score (nSPS) is 19.9. The predicted molar refractivity (Wildman–Crippen MR) is 274 cm³/mol. The van der Waals surface area contributed by atoms with Crippen LogP contribution < -0.4 is 5.32 Å². The van der Waals surface area contributed by atoms with Crippen molar-refractivity contribution in [3.05, 3.63) is 48.6 Å². The third kappa shape index (κ3) is 36.3. The molecule has 1 fully saturated rings. The molecule has 1 aliphatic rings. The third-order valence-corrected chi connectivity index (χ3v) is 12.7. The molecule has 1 amide bonds. The molecule has 7 atom stereocenters. The minimum Gasteiger partial charge on any atom is -0.466 e. The molecule has 0 aromatic carbocycles. The zero-order chi connectivity index (χ0) is 48.8. The van der Waals surface area contributed by atoms with Gasteiger partial charge in [-0.25, -0.2) is 0 Å². The van der Waals surface area contributed by atoms with Gasteiger partial charge in [0.05, 0.1) is 32.0 Å². The Kier molecular flexibility index (Phi) is 43.0. The molecule has 0 aromatic rings. The van der Waals surface area contributed by atoms with Crippen molar-refractivity contribution >= 4 is 11.9 Å². The number of allylic oxidation sites excluding steroid dienone is 7. The topological polar surface area (TPSA) is 175 Å². The van der Waals surface area contributed by atoms with E-state index < -0.39 is 49.5 Å². The summed E-state index contributed by atoms with van der Waals surface area (Å²) in [5, 5.41) is 54.0. The van der Waals surface area contributed by atoms with E-state index in [1.54, 1.807) is 6.08 Å². The Morgan fingerprint density at radius 2 is 1.03 bits per heavy atom. The molecule has 1 aliphatic heterocycles. The molecule has 390 valence electrons. The van der Waals surface area contributed by atoms with Gasteiger partial charge in [0.25, 0.3) is 0 Å². The van der Waals surface area contributed by atoms with E-state index in [4.69, 9.17) is 14.2 Å². The molecule has 1 saturated heterocycles. The van der Waals surface area contributed by atoms with Crippen LogP contribution in [0.3, 0.4) is 0 Å². The average Bonchev–Trinajstić information content (AvgIpc) is 3.32. The van der Waals surface area contributed by atoms with E-state index in [2.05, 4.69) is 42.6 Å². The fraction of sp³-hybridized carbons (Fsp3) is 0.821. The van der Waals surface area contributed by atoms with Gasteiger partial charge in [0, 0.05) is 12.8 Å². The summed E-state index contributed by atoms with van der Waals surface area (Å²) >= 11 is 0. The molecule has 67 heavy (non-hydrogen) atoms. The number of amides is 1. The van der Waals surface area contributed by atoms with E-state index >= 15 is 0 Å². The number of ether oxygens (including phenoxy) is 3. The summed E-state index contributed by atoms with van der Waals surface area (Å²) in [5.74, 6) is -0.223. The van der Waals surface area contributed by atoms with Crippen molar-refractivity contribution < 1.29 is 49.3 Å². The molecule has 1 rings (SSSR count). The minimum atomic E-state index is -1.58. The monoisotopic (exact) mass is 948 g/mol. The SMILES string of the molecule is C/C=C/CC/C=C/CC/C=C/C(O)C(COC1OC(CO)C(O)C(O)C1O)NC(=O)CCCCCCCCC/C=C\CCCCCCCCCCOC(=O)CCCCCCCCCCCCC. The fourth-order valence-electron chi connectivity index (χ4n) is 8.35. The van der Waals surface area contributed by atoms with Crippen molar-refractivity contribution in [1.29, 1.82) is 0 Å². The maximum absolute atomic E-state index is 13.0. The molecular weight excluding hydrogens is 847 g/mol. The van der Waals surface area contributed by atoms with E-state index in [1.807, 2.05) is 19.1 Å². The van der Waals surface area contributed by atoms with E-state index in [1.165, 1.54) is 116 Å². The lowest BCUT2D eigenvalue weighted by Crippen LogP contribution is -2.60. The Morgan fingerprint density at radius 1 is 0.567 bits per heavy atom. The van der Waals surface area contributed by atoms with Crippen LogP contribution in [0, 0.1) is 0 Å². The van der Waals surface area contributed by atoms with Crippen LogP contribution in [0.1, 0.15) is 232 Å². The minimum absolute atomic E-state index is 0.0132. The molecule has 6 N–H and O–H groups in total. The average molecular weight is 948 g/mol. The summed E-state index contributed by atoms with van der Waals surface area (Å²) in [5.41, 5.74) is 0. The smallest absolute Gasteiger partial charge is 0.305 e. The number of rotatable bonds is 46. The lowest BCUT2D eigenvalue weighted by Gasteiger charge is -2.40. The number of hydrogen-bond acceptors (Lipinski definition) is 10. The van der Waals surface area contributed by atoms with Crippen molar-refractivity contribution in [3.63, 3.8) is 0 Å². The van der Waals surface area contributed by atoms with Gasteiger partial charge in [-0.05, 0) is 77.6 Å². The first-order chi connectivity index (χ1) is 32.7. The number of aliphatic hydroxyl groups excluding tert-OH is 5. The van der Waals surface area contributed by atoms with Crippen molar-refractivity contribution in [2.75, 3.05) is 19.8 Å². The second-order valence-electron chi connectivity index (χ2n) is 18.9. The highest BCUT2D eigenvalue weighted by molar-refractivity contribution is 5.76. The van der Waals surface area contributed by atoms with Gasteiger partial charge in [0.2, 0.25) is 5.91 Å². The van der Waals surface area contributed by atoms with Crippen LogP contribution >= 0.6 is 0 Å². The Morgan fingerprint density at radius 3 is 1.57 bits per heavy atom. The molecule has 0 spiro atoms. The Hall–Kier alpha value is -2.38. The van der Waals surface area contributed by atoms with Crippen LogP contribution in [0.25, 0.3) is 0 Å². The van der Waals surface area contributed by atoms with Crippen LogP contribution in [0.15, 0.2) is 48.6 Å². The van der Waals surface area contributed by atoms with Crippen LogP contribution in [-0.4, -0.2) is 100 Å². The molecule has 0 bridgehead atoms. The molecular formula is C56H101NO10. The number of carbonyl (C=O) groups is 2. The summed E-state index contributed by atoms with van der Waals surface area (Å²) in [6.07, 6.45) is 46.6. The largest absolute Gasteiger partial charge is 0.466 e. The molecule has 0 saturated carbocycles. The highest BCUT2D eigenvalue weighted by Gasteiger charge is 2.44. The number of unbranched alkanes of at least 4 members (excludes halogenated alkanes) is 27. The number of nitrogens with one attached hydrogen (secondary N) is 1. The summed E-state index contributed by atoms with van der Waals surface area (Å²) in [6.45, 7) is 4.05. The second kappa shape index (κ2) is 46.0. The fourth-order valence-corrected chi connectivity index (χ4v) is 8.35. The number of hydrogen-bond donors (Lipinski definition) is 6. The van der Waals surface area contributed by atoms with Crippen LogP contribution in [0.4, 0.5) is 0 Å². The molecule has 11 heteroatoms. The van der Waals surface area contributed by atoms with Gasteiger partial charge in [0.1, 0.15) is 24.4 Å². The Labute approximate surface area is 408 Å². The first-order valence-corrected chi connectivity index (χ1v) is 27.4. The van der Waals surface area contributed by atoms with Crippen molar-refractivity contribution in [2.45, 2.75) is 275 Å². The summed E-state index contributed by atoms with van der Waals surface area (Å²) in [6, 6.07) is -0.840. The predicted octanol–water partition coefficient (Wildman–Crippen LogP) is 11.7. The summed E-state index contributed by atoms with van der Waals surface area (Å²) < 4.78 is 16.6. The van der Waals surface area contributed by atoms with E-state index in [0.717, 1.165) is 83.5 Å². The molecule has 0 aliphatic carbocycles. The van der Waals surface area contributed by atoms with Gasteiger partial charge in [-0.1, -0.05) is 190 Å². The van der Waals surface area contributed by atoms with Gasteiger partial charge in [-0.2, -0.15) is 0 Å². The highest BCUT2D eigenvalue weighted by Crippen LogP contribution is 2.23. The Balaban J connectivity index is 2.08. The highest BCUT2D eigenvalue weighted by atomic mass is 16.7. The lowest BCUT2D eigenvalue weighted by molar-refractivity contribution is -0.302. The zero-order valence-corrected chi connectivity index (χ0v) is 42.6. The lowest BCUT2D eigenvalue weighted by atomic mass is 9.99. The van der Waals surface area contributed by atoms with E-state index in [0.29, 0.717) is 25.9 Å².